The molecule has 1 fully saturated rings. The fraction of sp³-hybridized carbons (Fsp3) is 1.00. The first-order valence-corrected chi connectivity index (χ1v) is 8.06. The molecule has 0 nitrogen and oxygen atoms in total. The normalized spacial score (nSPS) is 33.2. The quantitative estimate of drug-likeness (QED) is 0.518. The molecule has 1 saturated carbocycles. The standard InChI is InChI=1S/C12H23BrS/c1-3-10-5-6-12(13)11(9-10)7-8-14-4-2/h10-12H,3-9H2,1-2H3. The highest BCUT2D eigenvalue weighted by molar-refractivity contribution is 9.09. The summed E-state index contributed by atoms with van der Waals surface area (Å²) in [6, 6.07) is 0. The SMILES string of the molecule is CCSCCC1CC(CC)CCC1Br. The van der Waals surface area contributed by atoms with Crippen molar-refractivity contribution in [2.75, 3.05) is 11.5 Å². The van der Waals surface area contributed by atoms with E-state index in [9.17, 15) is 0 Å². The summed E-state index contributed by atoms with van der Waals surface area (Å²) in [6.45, 7) is 4.60. The lowest BCUT2D eigenvalue weighted by Gasteiger charge is -2.32. The summed E-state index contributed by atoms with van der Waals surface area (Å²) < 4.78 is 0. The molecule has 0 aliphatic heterocycles. The largest absolute Gasteiger partial charge is 0.162 e. The van der Waals surface area contributed by atoms with E-state index in [1.54, 1.807) is 0 Å². The minimum atomic E-state index is 0.808. The minimum absolute atomic E-state index is 0.808. The second-order valence-corrected chi connectivity index (χ2v) is 6.92. The first kappa shape index (κ1) is 12.9. The summed E-state index contributed by atoms with van der Waals surface area (Å²) in [5, 5.41) is 0. The second kappa shape index (κ2) is 7.16. The Bertz CT molecular complexity index is 149. The van der Waals surface area contributed by atoms with E-state index in [1.807, 2.05) is 0 Å². The first-order valence-electron chi connectivity index (χ1n) is 5.99. The van der Waals surface area contributed by atoms with E-state index in [0.717, 1.165) is 16.7 Å². The number of alkyl halides is 1. The van der Waals surface area contributed by atoms with Crippen LogP contribution in [0.3, 0.4) is 0 Å². The van der Waals surface area contributed by atoms with Crippen molar-refractivity contribution in [1.29, 1.82) is 0 Å². The highest BCUT2D eigenvalue weighted by Gasteiger charge is 2.27. The number of halogens is 1. The zero-order valence-electron chi connectivity index (χ0n) is 9.47. The van der Waals surface area contributed by atoms with Crippen LogP contribution in [0.1, 0.15) is 46.0 Å². The summed E-state index contributed by atoms with van der Waals surface area (Å²) in [5.41, 5.74) is 0. The van der Waals surface area contributed by atoms with E-state index in [4.69, 9.17) is 0 Å². The lowest BCUT2D eigenvalue weighted by molar-refractivity contribution is 0.268. The molecular formula is C12H23BrS. The van der Waals surface area contributed by atoms with Crippen molar-refractivity contribution in [3.63, 3.8) is 0 Å². The Morgan fingerprint density at radius 1 is 1.29 bits per heavy atom. The van der Waals surface area contributed by atoms with Gasteiger partial charge in [-0.1, -0.05) is 36.2 Å². The molecule has 0 saturated heterocycles. The minimum Gasteiger partial charge on any atom is -0.162 e. The van der Waals surface area contributed by atoms with Gasteiger partial charge in [0.15, 0.2) is 0 Å². The Morgan fingerprint density at radius 2 is 2.07 bits per heavy atom. The molecule has 1 aliphatic rings. The summed E-state index contributed by atoms with van der Waals surface area (Å²) in [4.78, 5) is 0.808. The molecule has 0 heterocycles. The monoisotopic (exact) mass is 278 g/mol. The Balaban J connectivity index is 2.25. The van der Waals surface area contributed by atoms with Crippen LogP contribution >= 0.6 is 27.7 Å². The molecule has 0 radical (unpaired) electrons. The van der Waals surface area contributed by atoms with Crippen molar-refractivity contribution in [2.45, 2.75) is 50.8 Å². The highest BCUT2D eigenvalue weighted by atomic mass is 79.9. The second-order valence-electron chi connectivity index (χ2n) is 4.35. The van der Waals surface area contributed by atoms with Crippen molar-refractivity contribution in [1.82, 2.24) is 0 Å². The van der Waals surface area contributed by atoms with Gasteiger partial charge in [0.2, 0.25) is 0 Å². The summed E-state index contributed by atoms with van der Waals surface area (Å²) in [6.07, 6.45) is 7.13. The van der Waals surface area contributed by atoms with Crippen molar-refractivity contribution < 1.29 is 0 Å². The van der Waals surface area contributed by atoms with Gasteiger partial charge in [-0.25, -0.2) is 0 Å². The zero-order chi connectivity index (χ0) is 10.4. The molecule has 1 aliphatic carbocycles. The molecule has 2 heteroatoms. The third-order valence-electron chi connectivity index (χ3n) is 3.41. The number of thioether (sulfide) groups is 1. The molecule has 0 N–H and O–H groups in total. The van der Waals surface area contributed by atoms with Crippen LogP contribution in [-0.4, -0.2) is 16.3 Å². The summed E-state index contributed by atoms with van der Waals surface area (Å²) in [5.74, 6) is 4.60. The van der Waals surface area contributed by atoms with Crippen molar-refractivity contribution in [3.05, 3.63) is 0 Å². The van der Waals surface area contributed by atoms with E-state index >= 15 is 0 Å². The molecule has 0 aromatic heterocycles. The number of rotatable bonds is 5. The van der Waals surface area contributed by atoms with Crippen LogP contribution in [0, 0.1) is 11.8 Å². The van der Waals surface area contributed by atoms with E-state index in [0.29, 0.717) is 0 Å². The average Bonchev–Trinajstić information content (AvgIpc) is 2.21. The van der Waals surface area contributed by atoms with Crippen LogP contribution in [0.15, 0.2) is 0 Å². The van der Waals surface area contributed by atoms with Crippen molar-refractivity contribution >= 4 is 27.7 Å². The molecule has 3 atom stereocenters. The topological polar surface area (TPSA) is 0 Å². The van der Waals surface area contributed by atoms with Gasteiger partial charge in [0.25, 0.3) is 0 Å². The van der Waals surface area contributed by atoms with Crippen LogP contribution < -0.4 is 0 Å². The van der Waals surface area contributed by atoms with Crippen LogP contribution in [0.25, 0.3) is 0 Å². The number of hydrogen-bond donors (Lipinski definition) is 0. The van der Waals surface area contributed by atoms with Gasteiger partial charge in [0.05, 0.1) is 0 Å². The average molecular weight is 279 g/mol. The molecule has 0 amide bonds. The van der Waals surface area contributed by atoms with Crippen LogP contribution in [0.2, 0.25) is 0 Å². The van der Waals surface area contributed by atoms with Crippen molar-refractivity contribution in [3.8, 4) is 0 Å². The summed E-state index contributed by atoms with van der Waals surface area (Å²) in [7, 11) is 0. The third-order valence-corrected chi connectivity index (χ3v) is 5.55. The van der Waals surface area contributed by atoms with Gasteiger partial charge < -0.3 is 0 Å². The predicted octanol–water partition coefficient (Wildman–Crippen LogP) is 4.72. The maximum Gasteiger partial charge on any atom is 0.0174 e. The fourth-order valence-corrected chi connectivity index (χ4v) is 3.88. The molecule has 1 rings (SSSR count). The van der Waals surface area contributed by atoms with Crippen molar-refractivity contribution in [2.24, 2.45) is 11.8 Å². The molecule has 3 unspecified atom stereocenters. The van der Waals surface area contributed by atoms with Crippen LogP contribution in [0.4, 0.5) is 0 Å². The van der Waals surface area contributed by atoms with Crippen LogP contribution in [0.5, 0.6) is 0 Å². The van der Waals surface area contributed by atoms with E-state index < -0.39 is 0 Å². The van der Waals surface area contributed by atoms with E-state index in [2.05, 4.69) is 41.5 Å². The third kappa shape index (κ3) is 4.14. The van der Waals surface area contributed by atoms with E-state index in [-0.39, 0.29) is 0 Å². The Hall–Kier alpha value is 0.830. The van der Waals surface area contributed by atoms with Crippen LogP contribution in [-0.2, 0) is 0 Å². The number of hydrogen-bond acceptors (Lipinski definition) is 1. The van der Waals surface area contributed by atoms with Gasteiger partial charge >= 0.3 is 0 Å². The molecule has 0 aromatic carbocycles. The smallest absolute Gasteiger partial charge is 0.0174 e. The molecule has 0 spiro atoms. The fourth-order valence-electron chi connectivity index (χ4n) is 2.37. The lowest BCUT2D eigenvalue weighted by atomic mass is 9.79. The lowest BCUT2D eigenvalue weighted by Crippen LogP contribution is -2.25. The first-order chi connectivity index (χ1) is 6.77. The van der Waals surface area contributed by atoms with Gasteiger partial charge in [0.1, 0.15) is 0 Å². The molecule has 84 valence electrons. The molecule has 14 heavy (non-hydrogen) atoms. The van der Waals surface area contributed by atoms with Gasteiger partial charge in [-0.2, -0.15) is 11.8 Å². The molecule has 0 bridgehead atoms. The Kier molecular flexibility index (Phi) is 6.60. The molecular weight excluding hydrogens is 256 g/mol. The van der Waals surface area contributed by atoms with Gasteiger partial charge in [-0.3, -0.25) is 0 Å². The Morgan fingerprint density at radius 3 is 2.71 bits per heavy atom. The summed E-state index contributed by atoms with van der Waals surface area (Å²) >= 11 is 5.95. The van der Waals surface area contributed by atoms with E-state index in [1.165, 1.54) is 43.6 Å². The maximum absolute atomic E-state index is 3.85. The van der Waals surface area contributed by atoms with Gasteiger partial charge in [-0.15, -0.1) is 0 Å². The predicted molar refractivity (Wildman–Crippen MR) is 71.5 cm³/mol. The van der Waals surface area contributed by atoms with Gasteiger partial charge in [-0.05, 0) is 49.0 Å². The Labute approximate surface area is 102 Å². The highest BCUT2D eigenvalue weighted by Crippen LogP contribution is 2.37. The van der Waals surface area contributed by atoms with Gasteiger partial charge in [0, 0.05) is 4.83 Å². The zero-order valence-corrected chi connectivity index (χ0v) is 11.9. The molecule has 0 aromatic rings. The maximum atomic E-state index is 3.85.